The minimum atomic E-state index is -0.795. The zero-order chi connectivity index (χ0) is 24.7. The van der Waals surface area contributed by atoms with Crippen molar-refractivity contribution in [2.24, 2.45) is 0 Å². The van der Waals surface area contributed by atoms with Gasteiger partial charge in [0.05, 0.1) is 34.5 Å². The first kappa shape index (κ1) is 26.7. The Morgan fingerprint density at radius 1 is 1.03 bits per heavy atom. The van der Waals surface area contributed by atoms with Crippen molar-refractivity contribution in [3.05, 3.63) is 69.1 Å². The Morgan fingerprint density at radius 3 is 2.35 bits per heavy atom. The lowest BCUT2D eigenvalue weighted by molar-refractivity contribution is 0.0866. The van der Waals surface area contributed by atoms with Crippen LogP contribution in [0.25, 0.3) is 0 Å². The number of hydrogen-bond donors (Lipinski definition) is 3. The molecule has 34 heavy (non-hydrogen) atoms. The van der Waals surface area contributed by atoms with Crippen LogP contribution in [0.4, 0.5) is 0 Å². The first-order valence-corrected chi connectivity index (χ1v) is 12.4. The molecule has 1 aromatic heterocycles. The number of alkyl halides is 1. The third-order valence-corrected chi connectivity index (χ3v) is 6.72. The molecule has 10 heteroatoms. The molecule has 1 heterocycles. The number of rotatable bonds is 12. The largest absolute Gasteiger partial charge is 0.491 e. The fourth-order valence-corrected chi connectivity index (χ4v) is 4.13. The number of hydrogen-bond acceptors (Lipinski definition) is 7. The average Bonchev–Trinajstić information content (AvgIpc) is 3.28. The fourth-order valence-electron chi connectivity index (χ4n) is 3.37. The molecule has 3 rings (SSSR count). The number of aliphatic hydroxyl groups is 3. The molecule has 2 atom stereocenters. The van der Waals surface area contributed by atoms with Crippen LogP contribution in [0.15, 0.2) is 48.7 Å². The third kappa shape index (κ3) is 6.82. The van der Waals surface area contributed by atoms with E-state index in [1.165, 1.54) is 10.9 Å². The van der Waals surface area contributed by atoms with Crippen molar-refractivity contribution in [2.45, 2.75) is 44.6 Å². The standard InChI is InChI=1S/C24H29ClIN3O5/c1-24(2,17-5-8-23(22(26)9-17)34-14-19(31)10-25)16-3-6-21(7-4-16)33-15-20(32)12-29-18(13-30)11-27-28-29/h3-9,11,19-20,30-32H,10,12-15H2,1-2H3. The summed E-state index contributed by atoms with van der Waals surface area (Å²) in [6, 6.07) is 13.8. The van der Waals surface area contributed by atoms with Crippen molar-refractivity contribution in [2.75, 3.05) is 19.1 Å². The lowest BCUT2D eigenvalue weighted by Crippen LogP contribution is -2.25. The van der Waals surface area contributed by atoms with Crippen molar-refractivity contribution in [1.82, 2.24) is 15.0 Å². The molecule has 8 nitrogen and oxygen atoms in total. The molecule has 0 spiro atoms. The van der Waals surface area contributed by atoms with Crippen LogP contribution >= 0.6 is 34.2 Å². The molecule has 0 saturated carbocycles. The second-order valence-electron chi connectivity index (χ2n) is 8.44. The highest BCUT2D eigenvalue weighted by molar-refractivity contribution is 14.1. The second-order valence-corrected chi connectivity index (χ2v) is 9.91. The summed E-state index contributed by atoms with van der Waals surface area (Å²) in [6.07, 6.45) is -0.0331. The van der Waals surface area contributed by atoms with Crippen molar-refractivity contribution < 1.29 is 24.8 Å². The minimum absolute atomic E-state index is 0.0888. The van der Waals surface area contributed by atoms with E-state index < -0.39 is 12.2 Å². The summed E-state index contributed by atoms with van der Waals surface area (Å²) >= 11 is 7.86. The predicted molar refractivity (Wildman–Crippen MR) is 137 cm³/mol. The van der Waals surface area contributed by atoms with Crippen LogP contribution in [0, 0.1) is 3.57 Å². The van der Waals surface area contributed by atoms with Gasteiger partial charge in [-0.3, -0.25) is 0 Å². The molecule has 3 aromatic rings. The zero-order valence-corrected chi connectivity index (χ0v) is 22.0. The van der Waals surface area contributed by atoms with Gasteiger partial charge in [0.15, 0.2) is 0 Å². The van der Waals surface area contributed by atoms with Gasteiger partial charge >= 0.3 is 0 Å². The molecule has 0 fully saturated rings. The Balaban J connectivity index is 1.61. The van der Waals surface area contributed by atoms with Crippen LogP contribution in [-0.4, -0.2) is 61.6 Å². The minimum Gasteiger partial charge on any atom is -0.491 e. The van der Waals surface area contributed by atoms with Gasteiger partial charge in [0.25, 0.3) is 0 Å². The maximum absolute atomic E-state index is 10.2. The van der Waals surface area contributed by atoms with Gasteiger partial charge in [-0.2, -0.15) is 0 Å². The highest BCUT2D eigenvalue weighted by Gasteiger charge is 2.24. The molecular weight excluding hydrogens is 573 g/mol. The molecule has 184 valence electrons. The van der Waals surface area contributed by atoms with Crippen molar-refractivity contribution in [1.29, 1.82) is 0 Å². The molecule has 0 aliphatic rings. The third-order valence-electron chi connectivity index (χ3n) is 5.52. The van der Waals surface area contributed by atoms with Crippen molar-refractivity contribution in [3.63, 3.8) is 0 Å². The first-order valence-electron chi connectivity index (χ1n) is 10.8. The molecule has 0 aliphatic carbocycles. The van der Waals surface area contributed by atoms with E-state index in [1.54, 1.807) is 0 Å². The summed E-state index contributed by atoms with van der Waals surface area (Å²) in [5.41, 5.74) is 2.50. The molecule has 2 unspecified atom stereocenters. The molecule has 3 N–H and O–H groups in total. The Hall–Kier alpha value is -1.92. The van der Waals surface area contributed by atoms with Gasteiger partial charge in [-0.05, 0) is 58.0 Å². The van der Waals surface area contributed by atoms with E-state index >= 15 is 0 Å². The Bertz CT molecular complexity index is 1060. The number of nitrogens with zero attached hydrogens (tertiary/aromatic N) is 3. The van der Waals surface area contributed by atoms with Gasteiger partial charge in [0, 0.05) is 5.41 Å². The lowest BCUT2D eigenvalue weighted by Gasteiger charge is -2.27. The molecule has 0 radical (unpaired) electrons. The predicted octanol–water partition coefficient (Wildman–Crippen LogP) is 3.12. The Kier molecular flexibility index (Phi) is 9.55. The molecule has 2 aromatic carbocycles. The molecule has 0 saturated heterocycles. The first-order chi connectivity index (χ1) is 16.2. The second kappa shape index (κ2) is 12.2. The molecular formula is C24H29ClIN3O5. The van der Waals surface area contributed by atoms with E-state index in [-0.39, 0.29) is 37.7 Å². The van der Waals surface area contributed by atoms with Gasteiger partial charge in [0.2, 0.25) is 0 Å². The average molecular weight is 602 g/mol. The highest BCUT2D eigenvalue weighted by atomic mass is 127. The van der Waals surface area contributed by atoms with Gasteiger partial charge in [-0.15, -0.1) is 16.7 Å². The van der Waals surface area contributed by atoms with E-state index in [4.69, 9.17) is 21.1 Å². The van der Waals surface area contributed by atoms with E-state index in [0.29, 0.717) is 17.2 Å². The number of halogens is 2. The van der Waals surface area contributed by atoms with E-state index in [2.05, 4.69) is 52.8 Å². The van der Waals surface area contributed by atoms with Crippen molar-refractivity contribution >= 4 is 34.2 Å². The Labute approximate surface area is 217 Å². The van der Waals surface area contributed by atoms with E-state index in [9.17, 15) is 15.3 Å². The van der Waals surface area contributed by atoms with Gasteiger partial charge in [-0.1, -0.05) is 37.3 Å². The maximum Gasteiger partial charge on any atom is 0.132 e. The van der Waals surface area contributed by atoms with Gasteiger partial charge in [0.1, 0.15) is 36.9 Å². The quantitative estimate of drug-likeness (QED) is 0.216. The van der Waals surface area contributed by atoms with Crippen LogP contribution < -0.4 is 9.47 Å². The summed E-state index contributed by atoms with van der Waals surface area (Å²) in [5.74, 6) is 1.49. The van der Waals surface area contributed by atoms with E-state index in [1.807, 2.05) is 36.4 Å². The zero-order valence-electron chi connectivity index (χ0n) is 19.1. The summed E-state index contributed by atoms with van der Waals surface area (Å²) in [4.78, 5) is 0. The summed E-state index contributed by atoms with van der Waals surface area (Å²) < 4.78 is 13.8. The lowest BCUT2D eigenvalue weighted by atomic mass is 9.78. The van der Waals surface area contributed by atoms with Crippen LogP contribution in [0.5, 0.6) is 11.5 Å². The monoisotopic (exact) mass is 601 g/mol. The number of aliphatic hydroxyl groups excluding tert-OH is 3. The van der Waals surface area contributed by atoms with Gasteiger partial charge < -0.3 is 24.8 Å². The smallest absolute Gasteiger partial charge is 0.132 e. The topological polar surface area (TPSA) is 110 Å². The SMILES string of the molecule is CC(C)(c1ccc(OCC(O)Cn2nncc2CO)cc1)c1ccc(OCC(O)CCl)c(I)c1. The highest BCUT2D eigenvalue weighted by Crippen LogP contribution is 2.35. The maximum atomic E-state index is 10.2. The number of ether oxygens (including phenoxy) is 2. The van der Waals surface area contributed by atoms with Crippen LogP contribution in [0.1, 0.15) is 30.7 Å². The van der Waals surface area contributed by atoms with Crippen LogP contribution in [0.2, 0.25) is 0 Å². The fraction of sp³-hybridized carbons (Fsp3) is 0.417. The van der Waals surface area contributed by atoms with Gasteiger partial charge in [-0.25, -0.2) is 4.68 Å². The van der Waals surface area contributed by atoms with Crippen molar-refractivity contribution in [3.8, 4) is 11.5 Å². The normalized spacial score (nSPS) is 13.5. The molecule has 0 bridgehead atoms. The Morgan fingerprint density at radius 2 is 1.71 bits per heavy atom. The summed E-state index contributed by atoms with van der Waals surface area (Å²) in [5, 5.41) is 36.7. The molecule has 0 aliphatic heterocycles. The van der Waals surface area contributed by atoms with Crippen LogP contribution in [0.3, 0.4) is 0 Å². The summed E-state index contributed by atoms with van der Waals surface area (Å²) in [7, 11) is 0. The number of aromatic nitrogens is 3. The number of benzene rings is 2. The summed E-state index contributed by atoms with van der Waals surface area (Å²) in [6.45, 7) is 4.53. The molecule has 0 amide bonds. The van der Waals surface area contributed by atoms with Crippen LogP contribution in [-0.2, 0) is 18.6 Å². The van der Waals surface area contributed by atoms with E-state index in [0.717, 1.165) is 14.7 Å².